The lowest BCUT2D eigenvalue weighted by Gasteiger charge is -2.19. The van der Waals surface area contributed by atoms with Crippen molar-refractivity contribution >= 4 is 17.1 Å². The lowest BCUT2D eigenvalue weighted by molar-refractivity contribution is -0.116. The summed E-state index contributed by atoms with van der Waals surface area (Å²) >= 11 is 0. The van der Waals surface area contributed by atoms with Crippen LogP contribution in [0.15, 0.2) is 60.4 Å². The molecule has 0 aliphatic heterocycles. The molecule has 0 aliphatic rings. The van der Waals surface area contributed by atoms with Gasteiger partial charge in [-0.3, -0.25) is 4.79 Å². The van der Waals surface area contributed by atoms with Crippen LogP contribution in [0, 0.1) is 11.2 Å². The Morgan fingerprint density at radius 3 is 1.88 bits per heavy atom. The van der Waals surface area contributed by atoms with E-state index >= 15 is 0 Å². The number of benzene rings is 1. The summed E-state index contributed by atoms with van der Waals surface area (Å²) in [5, 5.41) is 0. The Labute approximate surface area is 263 Å². The predicted molar refractivity (Wildman–Crippen MR) is 184 cm³/mol. The number of allylic oxidation sites excluding steroid dienone is 5. The molecule has 1 aromatic rings. The maximum Gasteiger partial charge on any atom is 0.165 e. The monoisotopic (exact) mass is 603 g/mol. The molecule has 0 atom stereocenters. The fourth-order valence-corrected chi connectivity index (χ4v) is 3.05. The molecule has 0 aliphatic carbocycles. The Morgan fingerprint density at radius 1 is 1.00 bits per heavy atom. The van der Waals surface area contributed by atoms with Crippen LogP contribution < -0.4 is 4.74 Å². The van der Waals surface area contributed by atoms with Gasteiger partial charge in [0.1, 0.15) is 11.5 Å². The molecule has 0 N–H and O–H groups in total. The van der Waals surface area contributed by atoms with Crippen molar-refractivity contribution in [1.29, 1.82) is 0 Å². The minimum atomic E-state index is -0.345. The first-order valence-electron chi connectivity index (χ1n) is 15.2. The highest BCUT2D eigenvalue weighted by Crippen LogP contribution is 2.21. The van der Waals surface area contributed by atoms with Gasteiger partial charge in [0, 0.05) is 18.5 Å². The Hall–Kier alpha value is -2.99. The van der Waals surface area contributed by atoms with Gasteiger partial charge >= 0.3 is 0 Å². The third kappa shape index (κ3) is 27.6. The maximum absolute atomic E-state index is 12.9. The van der Waals surface area contributed by atoms with Crippen LogP contribution in [-0.4, -0.2) is 49.8 Å². The minimum absolute atomic E-state index is 0.0538. The molecule has 5 nitrogen and oxygen atoms in total. The highest BCUT2D eigenvalue weighted by atomic mass is 19.1. The molecule has 0 aromatic heterocycles. The van der Waals surface area contributed by atoms with Crippen LogP contribution in [0.4, 0.5) is 4.39 Å². The number of nitrogens with zero attached hydrogens (tertiary/aromatic N) is 1. The molecule has 6 heteroatoms. The molecule has 43 heavy (non-hydrogen) atoms. The van der Waals surface area contributed by atoms with Crippen LogP contribution in [-0.2, 0) is 14.3 Å². The molecule has 0 saturated heterocycles. The van der Waals surface area contributed by atoms with E-state index in [4.69, 9.17) is 9.47 Å². The molecular formula is C37H62FNO4. The molecule has 0 unspecified atom stereocenters. The average Bonchev–Trinajstić information content (AvgIpc) is 2.91. The largest absolute Gasteiger partial charge is 0.494 e. The molecule has 1 rings (SSSR count). The summed E-state index contributed by atoms with van der Waals surface area (Å²) < 4.78 is 23.4. The van der Waals surface area contributed by atoms with Gasteiger partial charge in [0.15, 0.2) is 17.3 Å². The van der Waals surface area contributed by atoms with Crippen molar-refractivity contribution in [3.63, 3.8) is 0 Å². The average molecular weight is 604 g/mol. The number of hydrogen-bond acceptors (Lipinski definition) is 5. The SMILES string of the molecule is C=C(C)c1ccc(F)c(OC)c1.C=C/C(=C\C(C(C)=O)=C(C)C)OCCCN(CC)CCC.CC(C)(C)C.CCC(C)=O. The van der Waals surface area contributed by atoms with Gasteiger partial charge < -0.3 is 19.2 Å². The van der Waals surface area contributed by atoms with Gasteiger partial charge in [-0.2, -0.15) is 0 Å². The molecule has 0 spiro atoms. The molecular weight excluding hydrogens is 541 g/mol. The number of carbonyl (C=O) groups is 2. The van der Waals surface area contributed by atoms with Crippen molar-refractivity contribution in [3.8, 4) is 5.75 Å². The standard InChI is InChI=1S/C18H31NO2.C10H11FO.C5H12.C4H8O/c1-7-11-19(9-3)12-10-13-21-17(8-2)14-18(15(4)5)16(6)20;1-7(2)8-4-5-9(11)10(6-8)12-3;1-5(2,3)4;1-3-4(2)5/h8,14H,2,7,9-13H2,1,3-6H3;4-6H,1H2,2-3H3;1-4H3;3H2,1-2H3/b17-14+;;;. The van der Waals surface area contributed by atoms with Gasteiger partial charge in [0.25, 0.3) is 0 Å². The van der Waals surface area contributed by atoms with Crippen LogP contribution >= 0.6 is 0 Å². The number of methoxy groups -OCH3 is 1. The van der Waals surface area contributed by atoms with Crippen LogP contribution in [0.1, 0.15) is 108 Å². The smallest absolute Gasteiger partial charge is 0.165 e. The third-order valence-corrected chi connectivity index (χ3v) is 5.42. The van der Waals surface area contributed by atoms with E-state index in [1.807, 2.05) is 27.7 Å². The van der Waals surface area contributed by atoms with E-state index in [1.54, 1.807) is 38.1 Å². The van der Waals surface area contributed by atoms with E-state index in [-0.39, 0.29) is 23.1 Å². The van der Waals surface area contributed by atoms with Gasteiger partial charge in [-0.1, -0.05) is 78.8 Å². The number of ether oxygens (including phenoxy) is 2. The molecule has 0 bridgehead atoms. The Balaban J connectivity index is -0.000000603. The van der Waals surface area contributed by atoms with Crippen molar-refractivity contribution in [2.24, 2.45) is 5.41 Å². The first kappa shape index (κ1) is 44.5. The van der Waals surface area contributed by atoms with E-state index in [2.05, 4.69) is 59.6 Å². The van der Waals surface area contributed by atoms with Crippen molar-refractivity contribution in [1.82, 2.24) is 4.90 Å². The number of Topliss-reactive ketones (excluding diaryl/α,β-unsaturated/α-hetero) is 2. The van der Waals surface area contributed by atoms with Crippen molar-refractivity contribution < 1.29 is 23.5 Å². The lowest BCUT2D eigenvalue weighted by atomic mass is 10.0. The zero-order valence-electron chi connectivity index (χ0n) is 29.7. The molecule has 0 radical (unpaired) electrons. The van der Waals surface area contributed by atoms with Gasteiger partial charge in [-0.05, 0) is 95.8 Å². The molecule has 0 fully saturated rings. The summed E-state index contributed by atoms with van der Waals surface area (Å²) in [6.07, 6.45) is 6.27. The minimum Gasteiger partial charge on any atom is -0.494 e. The summed E-state index contributed by atoms with van der Waals surface area (Å²) in [6, 6.07) is 4.70. The number of halogens is 1. The number of ketones is 2. The van der Waals surface area contributed by atoms with E-state index in [1.165, 1.54) is 19.6 Å². The molecule has 246 valence electrons. The predicted octanol–water partition coefficient (Wildman–Crippen LogP) is 10.0. The maximum atomic E-state index is 12.9. The fraction of sp³-hybridized carbons (Fsp3) is 0.568. The van der Waals surface area contributed by atoms with Gasteiger partial charge in [-0.15, -0.1) is 0 Å². The second-order valence-electron chi connectivity index (χ2n) is 12.0. The van der Waals surface area contributed by atoms with E-state index in [9.17, 15) is 14.0 Å². The van der Waals surface area contributed by atoms with Gasteiger partial charge in [0.05, 0.1) is 13.7 Å². The first-order chi connectivity index (χ1) is 19.9. The summed E-state index contributed by atoms with van der Waals surface area (Å²) in [5.74, 6) is 0.890. The molecule has 1 aromatic carbocycles. The Kier molecular flexibility index (Phi) is 26.4. The summed E-state index contributed by atoms with van der Waals surface area (Å²) in [4.78, 5) is 23.8. The van der Waals surface area contributed by atoms with E-state index < -0.39 is 0 Å². The van der Waals surface area contributed by atoms with Crippen LogP contribution in [0.25, 0.3) is 5.57 Å². The van der Waals surface area contributed by atoms with Gasteiger partial charge in [-0.25, -0.2) is 4.39 Å². The van der Waals surface area contributed by atoms with Crippen molar-refractivity contribution in [2.45, 2.75) is 102 Å². The third-order valence-electron chi connectivity index (χ3n) is 5.42. The molecule has 0 heterocycles. The topological polar surface area (TPSA) is 55.8 Å². The van der Waals surface area contributed by atoms with Crippen LogP contribution in [0.3, 0.4) is 0 Å². The quantitative estimate of drug-likeness (QED) is 0.0917. The van der Waals surface area contributed by atoms with E-state index in [0.29, 0.717) is 29.8 Å². The summed E-state index contributed by atoms with van der Waals surface area (Å²) in [5.41, 5.74) is 3.98. The Bertz CT molecular complexity index is 1020. The summed E-state index contributed by atoms with van der Waals surface area (Å²) in [7, 11) is 1.45. The van der Waals surface area contributed by atoms with Crippen LogP contribution in [0.5, 0.6) is 5.75 Å². The zero-order valence-corrected chi connectivity index (χ0v) is 29.7. The zero-order chi connectivity index (χ0) is 34.2. The second kappa shape index (κ2) is 25.5. The lowest BCUT2D eigenvalue weighted by Crippen LogP contribution is -2.26. The number of hydrogen-bond donors (Lipinski definition) is 0. The second-order valence-corrected chi connectivity index (χ2v) is 12.0. The van der Waals surface area contributed by atoms with Crippen LogP contribution in [0.2, 0.25) is 0 Å². The molecule has 0 amide bonds. The summed E-state index contributed by atoms with van der Waals surface area (Å²) in [6.45, 7) is 35.3. The van der Waals surface area contributed by atoms with Crippen molar-refractivity contribution in [3.05, 3.63) is 71.8 Å². The highest BCUT2D eigenvalue weighted by molar-refractivity contribution is 5.96. The highest BCUT2D eigenvalue weighted by Gasteiger charge is 2.06. The number of carbonyl (C=O) groups excluding carboxylic acids is 2. The van der Waals surface area contributed by atoms with Crippen molar-refractivity contribution in [2.75, 3.05) is 33.4 Å². The molecule has 0 saturated carbocycles. The van der Waals surface area contributed by atoms with Gasteiger partial charge in [0.2, 0.25) is 0 Å². The number of rotatable bonds is 14. The Morgan fingerprint density at radius 2 is 1.53 bits per heavy atom. The first-order valence-corrected chi connectivity index (χ1v) is 15.2. The van der Waals surface area contributed by atoms with E-state index in [0.717, 1.165) is 42.8 Å². The normalized spacial score (nSPS) is 10.5. The fourth-order valence-electron chi connectivity index (χ4n) is 3.05.